The van der Waals surface area contributed by atoms with Crippen LogP contribution in [0.3, 0.4) is 0 Å². The molecular formula is C23H30O2. The Kier molecular flexibility index (Phi) is 7.72. The van der Waals surface area contributed by atoms with Crippen LogP contribution in [-0.2, 0) is 11.2 Å². The number of carbonyl (C=O) groups is 1. The minimum absolute atomic E-state index is 0.350. The minimum atomic E-state index is -0.350. The van der Waals surface area contributed by atoms with E-state index < -0.39 is 0 Å². The first kappa shape index (κ1) is 19.2. The maximum atomic E-state index is 12.1. The van der Waals surface area contributed by atoms with E-state index in [1.165, 1.54) is 38.5 Å². The van der Waals surface area contributed by atoms with Crippen molar-refractivity contribution in [3.8, 4) is 5.75 Å². The molecule has 0 bridgehead atoms. The first-order chi connectivity index (χ1) is 12.1. The standard InChI is InChI=1S/C23H30O2/c1-4-5-6-7-8-9-10-14-20-17-16-19-13-11-12-15-21(19)22(20)25-23(24)18(2)3/h11-13,15-17H,2,4-10,14H2,1,3H3. The van der Waals surface area contributed by atoms with Crippen LogP contribution in [0.25, 0.3) is 10.8 Å². The molecule has 0 aliphatic rings. The normalized spacial score (nSPS) is 10.8. The predicted molar refractivity (Wildman–Crippen MR) is 106 cm³/mol. The number of hydrogen-bond acceptors (Lipinski definition) is 2. The topological polar surface area (TPSA) is 26.3 Å². The van der Waals surface area contributed by atoms with Crippen molar-refractivity contribution in [1.82, 2.24) is 0 Å². The first-order valence-corrected chi connectivity index (χ1v) is 9.51. The fourth-order valence-electron chi connectivity index (χ4n) is 3.06. The van der Waals surface area contributed by atoms with Crippen molar-refractivity contribution in [2.24, 2.45) is 0 Å². The molecule has 0 aromatic heterocycles. The Morgan fingerprint density at radius 2 is 1.64 bits per heavy atom. The Balaban J connectivity index is 2.07. The molecular weight excluding hydrogens is 308 g/mol. The molecule has 0 saturated carbocycles. The molecule has 0 atom stereocenters. The van der Waals surface area contributed by atoms with Crippen LogP contribution in [-0.4, -0.2) is 5.97 Å². The van der Waals surface area contributed by atoms with Crippen molar-refractivity contribution in [3.63, 3.8) is 0 Å². The fourth-order valence-corrected chi connectivity index (χ4v) is 3.06. The van der Waals surface area contributed by atoms with Gasteiger partial charge in [0, 0.05) is 11.0 Å². The summed E-state index contributed by atoms with van der Waals surface area (Å²) in [5.41, 5.74) is 1.54. The van der Waals surface area contributed by atoms with Gasteiger partial charge >= 0.3 is 5.97 Å². The molecule has 0 heterocycles. The van der Waals surface area contributed by atoms with Crippen LogP contribution in [0.1, 0.15) is 64.4 Å². The maximum absolute atomic E-state index is 12.1. The minimum Gasteiger partial charge on any atom is -0.422 e. The molecule has 2 aromatic rings. The second-order valence-corrected chi connectivity index (χ2v) is 6.82. The Hall–Kier alpha value is -2.09. The lowest BCUT2D eigenvalue weighted by atomic mass is 10.00. The number of hydrogen-bond donors (Lipinski definition) is 0. The van der Waals surface area contributed by atoms with Crippen LogP contribution in [0.4, 0.5) is 0 Å². The van der Waals surface area contributed by atoms with E-state index in [9.17, 15) is 4.79 Å². The van der Waals surface area contributed by atoms with E-state index in [2.05, 4.69) is 25.6 Å². The van der Waals surface area contributed by atoms with Gasteiger partial charge in [-0.3, -0.25) is 0 Å². The van der Waals surface area contributed by atoms with Gasteiger partial charge in [-0.05, 0) is 30.7 Å². The number of carbonyl (C=O) groups excluding carboxylic acids is 1. The summed E-state index contributed by atoms with van der Waals surface area (Å²) in [5, 5.41) is 2.09. The summed E-state index contributed by atoms with van der Waals surface area (Å²) in [7, 11) is 0. The molecule has 0 aliphatic carbocycles. The Morgan fingerprint density at radius 1 is 0.960 bits per heavy atom. The van der Waals surface area contributed by atoms with Crippen molar-refractivity contribution in [2.45, 2.75) is 65.2 Å². The van der Waals surface area contributed by atoms with E-state index in [1.807, 2.05) is 24.3 Å². The molecule has 0 spiro atoms. The molecule has 0 amide bonds. The van der Waals surface area contributed by atoms with E-state index in [0.717, 1.165) is 29.2 Å². The second kappa shape index (κ2) is 10.0. The molecule has 0 unspecified atom stereocenters. The smallest absolute Gasteiger partial charge is 0.338 e. The van der Waals surface area contributed by atoms with Gasteiger partial charge in [0.15, 0.2) is 0 Å². The molecule has 2 nitrogen and oxygen atoms in total. The number of esters is 1. The van der Waals surface area contributed by atoms with E-state index in [-0.39, 0.29) is 5.97 Å². The third kappa shape index (κ3) is 5.74. The van der Waals surface area contributed by atoms with Gasteiger partial charge < -0.3 is 4.74 Å². The van der Waals surface area contributed by atoms with Gasteiger partial charge in [0.05, 0.1) is 0 Å². The highest BCUT2D eigenvalue weighted by Crippen LogP contribution is 2.31. The molecule has 134 valence electrons. The molecule has 0 aliphatic heterocycles. The van der Waals surface area contributed by atoms with Gasteiger partial charge in [0.1, 0.15) is 5.75 Å². The molecule has 0 N–H and O–H groups in total. The fraction of sp³-hybridized carbons (Fsp3) is 0.435. The van der Waals surface area contributed by atoms with Gasteiger partial charge in [-0.2, -0.15) is 0 Å². The van der Waals surface area contributed by atoms with Gasteiger partial charge in [0.2, 0.25) is 0 Å². The molecule has 2 rings (SSSR count). The average molecular weight is 338 g/mol. The van der Waals surface area contributed by atoms with E-state index in [1.54, 1.807) is 6.92 Å². The Bertz CT molecular complexity index is 715. The summed E-state index contributed by atoms with van der Waals surface area (Å²) in [6, 6.07) is 12.3. The monoisotopic (exact) mass is 338 g/mol. The van der Waals surface area contributed by atoms with Crippen molar-refractivity contribution >= 4 is 16.7 Å². The highest BCUT2D eigenvalue weighted by molar-refractivity contribution is 5.95. The largest absolute Gasteiger partial charge is 0.422 e. The Morgan fingerprint density at radius 3 is 2.36 bits per heavy atom. The van der Waals surface area contributed by atoms with Crippen LogP contribution < -0.4 is 4.74 Å². The maximum Gasteiger partial charge on any atom is 0.338 e. The molecule has 2 heteroatoms. The quantitative estimate of drug-likeness (QED) is 0.211. The van der Waals surface area contributed by atoms with Crippen molar-refractivity contribution in [3.05, 3.63) is 54.1 Å². The van der Waals surface area contributed by atoms with Crippen LogP contribution in [0, 0.1) is 0 Å². The number of fused-ring (bicyclic) bond motifs is 1. The first-order valence-electron chi connectivity index (χ1n) is 9.51. The van der Waals surface area contributed by atoms with Crippen LogP contribution in [0.5, 0.6) is 5.75 Å². The summed E-state index contributed by atoms with van der Waals surface area (Å²) in [5.74, 6) is 0.356. The number of aryl methyl sites for hydroxylation is 1. The average Bonchev–Trinajstić information content (AvgIpc) is 2.62. The van der Waals surface area contributed by atoms with Crippen molar-refractivity contribution in [1.29, 1.82) is 0 Å². The number of benzene rings is 2. The number of unbranched alkanes of at least 4 members (excludes halogenated alkanes) is 6. The van der Waals surface area contributed by atoms with E-state index >= 15 is 0 Å². The number of ether oxygens (including phenoxy) is 1. The van der Waals surface area contributed by atoms with E-state index in [4.69, 9.17) is 4.74 Å². The third-order valence-electron chi connectivity index (χ3n) is 4.55. The summed E-state index contributed by atoms with van der Waals surface area (Å²) < 4.78 is 5.69. The molecule has 0 radical (unpaired) electrons. The molecule has 0 fully saturated rings. The highest BCUT2D eigenvalue weighted by atomic mass is 16.5. The lowest BCUT2D eigenvalue weighted by Gasteiger charge is -2.13. The Labute approximate surface area is 151 Å². The summed E-state index contributed by atoms with van der Waals surface area (Å²) in [4.78, 5) is 12.1. The zero-order valence-electron chi connectivity index (χ0n) is 15.6. The second-order valence-electron chi connectivity index (χ2n) is 6.82. The summed E-state index contributed by atoms with van der Waals surface area (Å²) in [6.45, 7) is 7.62. The molecule has 25 heavy (non-hydrogen) atoms. The summed E-state index contributed by atoms with van der Waals surface area (Å²) in [6.07, 6.45) is 9.87. The predicted octanol–water partition coefficient (Wildman–Crippen LogP) is 6.61. The van der Waals surface area contributed by atoms with Crippen molar-refractivity contribution in [2.75, 3.05) is 0 Å². The lowest BCUT2D eigenvalue weighted by Crippen LogP contribution is -2.10. The zero-order valence-corrected chi connectivity index (χ0v) is 15.6. The summed E-state index contributed by atoms with van der Waals surface area (Å²) >= 11 is 0. The van der Waals surface area contributed by atoms with Gasteiger partial charge in [-0.15, -0.1) is 0 Å². The number of rotatable bonds is 10. The molecule has 2 aromatic carbocycles. The highest BCUT2D eigenvalue weighted by Gasteiger charge is 2.13. The van der Waals surface area contributed by atoms with Gasteiger partial charge in [-0.25, -0.2) is 4.79 Å². The SMILES string of the molecule is C=C(C)C(=O)Oc1c(CCCCCCCCC)ccc2ccccc12. The third-order valence-corrected chi connectivity index (χ3v) is 4.55. The van der Waals surface area contributed by atoms with Gasteiger partial charge in [0.25, 0.3) is 0 Å². The molecule has 0 saturated heterocycles. The lowest BCUT2D eigenvalue weighted by molar-refractivity contribution is -0.130. The van der Waals surface area contributed by atoms with Crippen molar-refractivity contribution < 1.29 is 9.53 Å². The van der Waals surface area contributed by atoms with Crippen LogP contribution in [0.2, 0.25) is 0 Å². The van der Waals surface area contributed by atoms with Gasteiger partial charge in [-0.1, -0.05) is 88.4 Å². The zero-order chi connectivity index (χ0) is 18.1. The van der Waals surface area contributed by atoms with E-state index in [0.29, 0.717) is 11.3 Å². The van der Waals surface area contributed by atoms with Crippen LogP contribution in [0.15, 0.2) is 48.6 Å². The van der Waals surface area contributed by atoms with Crippen LogP contribution >= 0.6 is 0 Å².